The topological polar surface area (TPSA) is 61.9 Å². The molecular weight excluding hydrogens is 414 g/mol. The summed E-state index contributed by atoms with van der Waals surface area (Å²) in [6.45, 7) is 11.0. The number of methoxy groups -OCH3 is 1. The Labute approximate surface area is 191 Å². The average molecular weight is 450 g/mol. The molecule has 0 radical (unpaired) electrons. The highest BCUT2D eigenvalue weighted by Gasteiger charge is 2.54. The number of piperidine rings is 1. The molecule has 31 heavy (non-hydrogen) atoms. The highest BCUT2D eigenvalue weighted by atomic mass is 35.5. The van der Waals surface area contributed by atoms with E-state index in [0.29, 0.717) is 31.6 Å². The highest BCUT2D eigenvalue weighted by Crippen LogP contribution is 2.55. The van der Waals surface area contributed by atoms with E-state index in [-0.39, 0.29) is 23.3 Å². The summed E-state index contributed by atoms with van der Waals surface area (Å²) in [6.07, 6.45) is 2.46. The zero-order valence-electron chi connectivity index (χ0n) is 19.4. The lowest BCUT2D eigenvalue weighted by atomic mass is 9.62. The lowest BCUT2D eigenvalue weighted by Gasteiger charge is -2.62. The summed E-state index contributed by atoms with van der Waals surface area (Å²) in [7, 11) is 1.36. The molecule has 1 aromatic rings. The lowest BCUT2D eigenvalue weighted by molar-refractivity contribution is -0.143. The van der Waals surface area contributed by atoms with Gasteiger partial charge in [-0.05, 0) is 56.7 Å². The van der Waals surface area contributed by atoms with Gasteiger partial charge in [0.2, 0.25) is 0 Å². The maximum Gasteiger partial charge on any atom is 0.328 e. The molecule has 1 unspecified atom stereocenters. The van der Waals surface area contributed by atoms with Gasteiger partial charge in [0.05, 0.1) is 7.11 Å². The van der Waals surface area contributed by atoms with Gasteiger partial charge in [0.1, 0.15) is 6.04 Å². The molecule has 0 saturated carbocycles. The molecule has 172 valence electrons. The van der Waals surface area contributed by atoms with Crippen molar-refractivity contribution >= 4 is 23.6 Å². The minimum atomic E-state index is -0.602. The van der Waals surface area contributed by atoms with Gasteiger partial charge in [0.15, 0.2) is 0 Å². The van der Waals surface area contributed by atoms with Gasteiger partial charge in [0, 0.05) is 42.2 Å². The molecule has 1 N–H and O–H groups in total. The molecule has 0 aromatic heterocycles. The Kier molecular flexibility index (Phi) is 7.53. The molecule has 2 aliphatic heterocycles. The van der Waals surface area contributed by atoms with E-state index in [2.05, 4.69) is 36.2 Å². The van der Waals surface area contributed by atoms with Crippen LogP contribution in [0, 0.1) is 11.3 Å². The van der Waals surface area contributed by atoms with Crippen LogP contribution in [0.25, 0.3) is 0 Å². The molecule has 6 nitrogen and oxygen atoms in total. The Balaban J connectivity index is 1.66. The number of carbonyl (C=O) groups excluding carboxylic acids is 2. The third-order valence-electron chi connectivity index (χ3n) is 6.80. The molecule has 2 heterocycles. The summed E-state index contributed by atoms with van der Waals surface area (Å²) >= 11 is 6.12. The number of rotatable bonds is 6. The first-order valence-electron chi connectivity index (χ1n) is 11.3. The minimum absolute atomic E-state index is 0.172. The Morgan fingerprint density at radius 1 is 1.16 bits per heavy atom. The number of amides is 2. The minimum Gasteiger partial charge on any atom is -0.467 e. The first-order valence-corrected chi connectivity index (χ1v) is 11.7. The number of likely N-dealkylation sites (tertiary alicyclic amines) is 2. The van der Waals surface area contributed by atoms with E-state index in [4.69, 9.17) is 16.3 Å². The third-order valence-corrected chi connectivity index (χ3v) is 7.05. The van der Waals surface area contributed by atoms with Crippen molar-refractivity contribution in [3.05, 3.63) is 34.9 Å². The number of nitrogens with zero attached hydrogens (tertiary/aromatic N) is 2. The second-order valence-corrected chi connectivity index (χ2v) is 10.2. The number of nitrogens with one attached hydrogen (secondary N) is 1. The maximum atomic E-state index is 12.9. The van der Waals surface area contributed by atoms with Gasteiger partial charge in [-0.3, -0.25) is 4.90 Å². The number of halogens is 1. The van der Waals surface area contributed by atoms with Gasteiger partial charge in [-0.2, -0.15) is 0 Å². The smallest absolute Gasteiger partial charge is 0.328 e. The predicted molar refractivity (Wildman–Crippen MR) is 123 cm³/mol. The number of urea groups is 1. The Morgan fingerprint density at radius 2 is 1.77 bits per heavy atom. The van der Waals surface area contributed by atoms with E-state index in [1.54, 1.807) is 0 Å². The Hall–Kier alpha value is -1.79. The second kappa shape index (κ2) is 9.78. The first-order chi connectivity index (χ1) is 14.7. The number of hydrogen-bond donors (Lipinski definition) is 1. The van der Waals surface area contributed by atoms with Crippen molar-refractivity contribution in [1.29, 1.82) is 0 Å². The largest absolute Gasteiger partial charge is 0.467 e. The molecule has 3 rings (SSSR count). The number of esters is 1. The Morgan fingerprint density at radius 3 is 2.29 bits per heavy atom. The second-order valence-electron chi connectivity index (χ2n) is 9.72. The monoisotopic (exact) mass is 449 g/mol. The standard InChI is InChI=1S/C24H36ClN3O3/c1-16(2)14-20(22(29)31-5)26-23(30)27-12-10-24(11-13-27)15-28(17(3)4)21(24)18-6-8-19(25)9-7-18/h6-9,16-17,20-21H,10-15H2,1-5H3,(H,26,30)/t20-,21?/m0/s1. The zero-order chi connectivity index (χ0) is 22.8. The first kappa shape index (κ1) is 23.9. The molecular formula is C24H36ClN3O3. The van der Waals surface area contributed by atoms with Crippen LogP contribution in [0.5, 0.6) is 0 Å². The van der Waals surface area contributed by atoms with Gasteiger partial charge in [-0.15, -0.1) is 0 Å². The fourth-order valence-corrected chi connectivity index (χ4v) is 5.23. The van der Waals surface area contributed by atoms with Crippen molar-refractivity contribution in [2.45, 2.75) is 65.1 Å². The van der Waals surface area contributed by atoms with Gasteiger partial charge in [0.25, 0.3) is 0 Å². The van der Waals surface area contributed by atoms with Gasteiger partial charge < -0.3 is 15.0 Å². The molecule has 1 aromatic carbocycles. The van der Waals surface area contributed by atoms with Crippen molar-refractivity contribution in [2.24, 2.45) is 11.3 Å². The van der Waals surface area contributed by atoms with Crippen LogP contribution in [-0.4, -0.2) is 60.6 Å². The lowest BCUT2D eigenvalue weighted by Crippen LogP contribution is -2.64. The highest BCUT2D eigenvalue weighted by molar-refractivity contribution is 6.30. The van der Waals surface area contributed by atoms with Gasteiger partial charge in [-0.25, -0.2) is 9.59 Å². The van der Waals surface area contributed by atoms with E-state index >= 15 is 0 Å². The van der Waals surface area contributed by atoms with Crippen LogP contribution in [0.3, 0.4) is 0 Å². The summed E-state index contributed by atoms with van der Waals surface area (Å²) in [4.78, 5) is 29.3. The van der Waals surface area contributed by atoms with Crippen molar-refractivity contribution < 1.29 is 14.3 Å². The van der Waals surface area contributed by atoms with E-state index < -0.39 is 6.04 Å². The molecule has 0 aliphatic carbocycles. The number of hydrogen-bond acceptors (Lipinski definition) is 4. The molecule has 2 amide bonds. The van der Waals surface area contributed by atoms with Crippen molar-refractivity contribution in [2.75, 3.05) is 26.7 Å². The quantitative estimate of drug-likeness (QED) is 0.650. The SMILES string of the molecule is COC(=O)[C@H](CC(C)C)NC(=O)N1CCC2(CC1)CN(C(C)C)C2c1ccc(Cl)cc1. The van der Waals surface area contributed by atoms with Crippen molar-refractivity contribution in [1.82, 2.24) is 15.1 Å². The van der Waals surface area contributed by atoms with E-state index in [1.165, 1.54) is 12.7 Å². The summed E-state index contributed by atoms with van der Waals surface area (Å²) in [5.41, 5.74) is 1.47. The predicted octanol–water partition coefficient (Wildman–Crippen LogP) is 4.48. The summed E-state index contributed by atoms with van der Waals surface area (Å²) < 4.78 is 4.88. The van der Waals surface area contributed by atoms with Crippen LogP contribution in [0.15, 0.2) is 24.3 Å². The molecule has 2 atom stereocenters. The molecule has 2 aliphatic rings. The molecule has 2 saturated heterocycles. The molecule has 0 bridgehead atoms. The number of ether oxygens (including phenoxy) is 1. The number of carbonyl (C=O) groups is 2. The van der Waals surface area contributed by atoms with Gasteiger partial charge in [-0.1, -0.05) is 37.6 Å². The van der Waals surface area contributed by atoms with Crippen LogP contribution in [-0.2, 0) is 9.53 Å². The van der Waals surface area contributed by atoms with E-state index in [0.717, 1.165) is 24.4 Å². The van der Waals surface area contributed by atoms with Crippen LogP contribution >= 0.6 is 11.6 Å². The zero-order valence-corrected chi connectivity index (χ0v) is 20.1. The van der Waals surface area contributed by atoms with Gasteiger partial charge >= 0.3 is 12.0 Å². The Bertz CT molecular complexity index is 773. The molecule has 1 spiro atoms. The normalized spacial score (nSPS) is 21.8. The summed E-state index contributed by atoms with van der Waals surface area (Å²) in [5.74, 6) is -0.101. The average Bonchev–Trinajstić information content (AvgIpc) is 2.72. The molecule has 2 fully saturated rings. The third kappa shape index (κ3) is 5.17. The van der Waals surface area contributed by atoms with Crippen LogP contribution in [0.4, 0.5) is 4.79 Å². The fourth-order valence-electron chi connectivity index (χ4n) is 5.11. The van der Waals surface area contributed by atoms with E-state index in [1.807, 2.05) is 30.9 Å². The van der Waals surface area contributed by atoms with E-state index in [9.17, 15) is 9.59 Å². The van der Waals surface area contributed by atoms with Crippen LogP contribution in [0.2, 0.25) is 5.02 Å². The number of benzene rings is 1. The van der Waals surface area contributed by atoms with Crippen LogP contribution < -0.4 is 5.32 Å². The molecule has 7 heteroatoms. The maximum absolute atomic E-state index is 12.9. The van der Waals surface area contributed by atoms with Crippen molar-refractivity contribution in [3.8, 4) is 0 Å². The van der Waals surface area contributed by atoms with Crippen molar-refractivity contribution in [3.63, 3.8) is 0 Å². The summed E-state index contributed by atoms with van der Waals surface area (Å²) in [6, 6.07) is 8.23. The summed E-state index contributed by atoms with van der Waals surface area (Å²) in [5, 5.41) is 3.65. The fraction of sp³-hybridized carbons (Fsp3) is 0.667. The van der Waals surface area contributed by atoms with Crippen LogP contribution in [0.1, 0.15) is 58.6 Å².